The van der Waals surface area contributed by atoms with Gasteiger partial charge in [-0.15, -0.1) is 0 Å². The van der Waals surface area contributed by atoms with Gasteiger partial charge in [-0.2, -0.15) is 0 Å². The van der Waals surface area contributed by atoms with Crippen LogP contribution in [0.25, 0.3) is 0 Å². The number of aromatic nitrogens is 1. The number of rotatable bonds is 5. The Morgan fingerprint density at radius 1 is 1.35 bits per heavy atom. The highest BCUT2D eigenvalue weighted by Crippen LogP contribution is 2.15. The van der Waals surface area contributed by atoms with E-state index in [0.717, 1.165) is 11.1 Å². The van der Waals surface area contributed by atoms with Gasteiger partial charge in [-0.25, -0.2) is 0 Å². The van der Waals surface area contributed by atoms with E-state index >= 15 is 0 Å². The van der Waals surface area contributed by atoms with E-state index in [4.69, 9.17) is 22.1 Å². The van der Waals surface area contributed by atoms with Crippen molar-refractivity contribution in [3.63, 3.8) is 0 Å². The molecule has 0 aliphatic carbocycles. The molecular weight excluding hydrogens is 276 g/mol. The van der Waals surface area contributed by atoms with E-state index in [1.807, 2.05) is 24.3 Å². The molecule has 0 spiro atoms. The van der Waals surface area contributed by atoms with Crippen LogP contribution >= 0.6 is 11.6 Å². The number of esters is 1. The van der Waals surface area contributed by atoms with Crippen LogP contribution in [0.3, 0.4) is 0 Å². The minimum atomic E-state index is -0.264. The summed E-state index contributed by atoms with van der Waals surface area (Å²) in [5, 5.41) is 0.496. The zero-order valence-corrected chi connectivity index (χ0v) is 11.6. The lowest BCUT2D eigenvalue weighted by atomic mass is 10.1. The fraction of sp³-hybridized carbons (Fsp3) is 0.200. The van der Waals surface area contributed by atoms with Crippen LogP contribution in [0, 0.1) is 0 Å². The quantitative estimate of drug-likeness (QED) is 0.679. The van der Waals surface area contributed by atoms with Crippen LogP contribution in [-0.2, 0) is 22.6 Å². The van der Waals surface area contributed by atoms with Crippen molar-refractivity contribution in [3.8, 4) is 0 Å². The van der Waals surface area contributed by atoms with Gasteiger partial charge in [-0.3, -0.25) is 9.78 Å². The number of ether oxygens (including phenoxy) is 1. The Balaban J connectivity index is 1.80. The molecule has 0 radical (unpaired) electrons. The number of nitrogens with two attached hydrogens (primary N) is 1. The summed E-state index contributed by atoms with van der Waals surface area (Å²) in [5.74, 6) is -0.264. The maximum absolute atomic E-state index is 11.7. The largest absolute Gasteiger partial charge is 0.461 e. The first-order valence-electron chi connectivity index (χ1n) is 6.23. The summed E-state index contributed by atoms with van der Waals surface area (Å²) in [7, 11) is 0. The zero-order valence-electron chi connectivity index (χ0n) is 10.9. The van der Waals surface area contributed by atoms with Crippen molar-refractivity contribution in [3.05, 3.63) is 58.9 Å². The van der Waals surface area contributed by atoms with Crippen LogP contribution < -0.4 is 5.73 Å². The maximum Gasteiger partial charge on any atom is 0.306 e. The number of benzene rings is 1. The number of halogens is 1. The predicted molar refractivity (Wildman–Crippen MR) is 78.2 cm³/mol. The molecule has 0 aliphatic rings. The van der Waals surface area contributed by atoms with Crippen molar-refractivity contribution in [1.29, 1.82) is 0 Å². The Morgan fingerprint density at radius 3 is 2.95 bits per heavy atom. The summed E-state index contributed by atoms with van der Waals surface area (Å²) < 4.78 is 5.18. The monoisotopic (exact) mass is 290 g/mol. The summed E-state index contributed by atoms with van der Waals surface area (Å²) in [6.07, 6.45) is 4.05. The van der Waals surface area contributed by atoms with E-state index in [0.29, 0.717) is 23.6 Å². The van der Waals surface area contributed by atoms with Gasteiger partial charge >= 0.3 is 5.97 Å². The van der Waals surface area contributed by atoms with Crippen molar-refractivity contribution >= 4 is 23.3 Å². The van der Waals surface area contributed by atoms with Gasteiger partial charge in [0.1, 0.15) is 6.61 Å². The third kappa shape index (κ3) is 4.24. The molecule has 2 rings (SSSR count). The molecule has 0 bridgehead atoms. The van der Waals surface area contributed by atoms with E-state index in [2.05, 4.69) is 4.98 Å². The normalized spacial score (nSPS) is 10.2. The summed E-state index contributed by atoms with van der Waals surface area (Å²) in [6, 6.07) is 9.20. The molecule has 104 valence electrons. The molecular formula is C15H15ClN2O2. The van der Waals surface area contributed by atoms with E-state index < -0.39 is 0 Å². The highest BCUT2D eigenvalue weighted by molar-refractivity contribution is 6.31. The SMILES string of the molecule is Nc1cccc(CCC(=O)OCc2ccncc2Cl)c1. The number of aryl methyl sites for hydroxylation is 1. The van der Waals surface area contributed by atoms with Crippen molar-refractivity contribution in [2.24, 2.45) is 0 Å². The summed E-state index contributed by atoms with van der Waals surface area (Å²) in [6.45, 7) is 0.164. The van der Waals surface area contributed by atoms with Crippen molar-refractivity contribution < 1.29 is 9.53 Å². The number of nitrogen functional groups attached to an aromatic ring is 1. The standard InChI is InChI=1S/C15H15ClN2O2/c16-14-9-18-7-6-12(14)10-20-15(19)5-4-11-2-1-3-13(17)8-11/h1-3,6-9H,4-5,10,17H2. The number of anilines is 1. The van der Waals surface area contributed by atoms with E-state index in [1.54, 1.807) is 12.3 Å². The molecule has 1 aromatic heterocycles. The average Bonchev–Trinajstić information content (AvgIpc) is 2.44. The number of hydrogen-bond acceptors (Lipinski definition) is 4. The molecule has 0 aliphatic heterocycles. The molecule has 0 unspecified atom stereocenters. The second-order valence-electron chi connectivity index (χ2n) is 4.37. The first-order valence-corrected chi connectivity index (χ1v) is 6.61. The molecule has 2 N–H and O–H groups in total. The fourth-order valence-electron chi connectivity index (χ4n) is 1.75. The summed E-state index contributed by atoms with van der Waals surface area (Å²) >= 11 is 5.93. The summed E-state index contributed by atoms with van der Waals surface area (Å²) in [5.41, 5.74) is 8.14. The lowest BCUT2D eigenvalue weighted by Gasteiger charge is -2.06. The van der Waals surface area contributed by atoms with Crippen molar-refractivity contribution in [1.82, 2.24) is 4.98 Å². The number of nitrogens with zero attached hydrogens (tertiary/aromatic N) is 1. The Hall–Kier alpha value is -2.07. The van der Waals surface area contributed by atoms with Gasteiger partial charge in [-0.05, 0) is 30.2 Å². The first-order chi connectivity index (χ1) is 9.65. The number of pyridine rings is 1. The lowest BCUT2D eigenvalue weighted by Crippen LogP contribution is -2.06. The lowest BCUT2D eigenvalue weighted by molar-refractivity contribution is -0.144. The van der Waals surface area contributed by atoms with Gasteiger partial charge in [0.2, 0.25) is 0 Å². The van der Waals surface area contributed by atoms with Crippen LogP contribution in [0.5, 0.6) is 0 Å². The fourth-order valence-corrected chi connectivity index (χ4v) is 1.92. The molecule has 5 heteroatoms. The number of carbonyl (C=O) groups is 1. The van der Waals surface area contributed by atoms with E-state index in [1.165, 1.54) is 6.20 Å². The van der Waals surface area contributed by atoms with Gasteiger partial charge in [0.25, 0.3) is 0 Å². The molecule has 0 atom stereocenters. The molecule has 4 nitrogen and oxygen atoms in total. The number of carbonyl (C=O) groups excluding carboxylic acids is 1. The molecule has 2 aromatic rings. The summed E-state index contributed by atoms with van der Waals surface area (Å²) in [4.78, 5) is 15.5. The van der Waals surface area contributed by atoms with Crippen LogP contribution in [0.4, 0.5) is 5.69 Å². The Labute approximate surface area is 122 Å². The van der Waals surface area contributed by atoms with E-state index in [-0.39, 0.29) is 12.6 Å². The molecule has 1 heterocycles. The zero-order chi connectivity index (χ0) is 14.4. The smallest absolute Gasteiger partial charge is 0.306 e. The second-order valence-corrected chi connectivity index (χ2v) is 4.78. The molecule has 0 amide bonds. The topological polar surface area (TPSA) is 65.2 Å². The Bertz CT molecular complexity index is 602. The highest BCUT2D eigenvalue weighted by Gasteiger charge is 2.06. The number of hydrogen-bond donors (Lipinski definition) is 1. The second kappa shape index (κ2) is 6.91. The Morgan fingerprint density at radius 2 is 2.20 bits per heavy atom. The molecule has 0 saturated heterocycles. The first kappa shape index (κ1) is 14.3. The predicted octanol–water partition coefficient (Wildman–Crippen LogP) is 2.99. The molecule has 1 aromatic carbocycles. The highest BCUT2D eigenvalue weighted by atomic mass is 35.5. The van der Waals surface area contributed by atoms with Gasteiger partial charge < -0.3 is 10.5 Å². The third-order valence-corrected chi connectivity index (χ3v) is 3.15. The molecule has 0 fully saturated rings. The van der Waals surface area contributed by atoms with Crippen LogP contribution in [0.15, 0.2) is 42.7 Å². The van der Waals surface area contributed by atoms with Crippen LogP contribution in [-0.4, -0.2) is 11.0 Å². The van der Waals surface area contributed by atoms with Crippen molar-refractivity contribution in [2.75, 3.05) is 5.73 Å². The maximum atomic E-state index is 11.7. The third-order valence-electron chi connectivity index (χ3n) is 2.81. The van der Waals surface area contributed by atoms with Crippen LogP contribution in [0.2, 0.25) is 5.02 Å². The van der Waals surface area contributed by atoms with Crippen molar-refractivity contribution in [2.45, 2.75) is 19.4 Å². The van der Waals surface area contributed by atoms with E-state index in [9.17, 15) is 4.79 Å². The van der Waals surface area contributed by atoms with Gasteiger partial charge in [0.05, 0.1) is 5.02 Å². The minimum absolute atomic E-state index is 0.164. The molecule has 20 heavy (non-hydrogen) atoms. The Kier molecular flexibility index (Phi) is 4.96. The molecule has 0 saturated carbocycles. The van der Waals surface area contributed by atoms with Gasteiger partial charge in [0, 0.05) is 30.1 Å². The minimum Gasteiger partial charge on any atom is -0.461 e. The van der Waals surface area contributed by atoms with Gasteiger partial charge in [0.15, 0.2) is 0 Å². The van der Waals surface area contributed by atoms with Crippen LogP contribution in [0.1, 0.15) is 17.5 Å². The van der Waals surface area contributed by atoms with Gasteiger partial charge in [-0.1, -0.05) is 23.7 Å². The average molecular weight is 291 g/mol.